The van der Waals surface area contributed by atoms with Crippen molar-refractivity contribution >= 4 is 39.5 Å². The molecule has 2 saturated heterocycles. The van der Waals surface area contributed by atoms with Crippen LogP contribution in [0, 0.1) is 31.1 Å². The van der Waals surface area contributed by atoms with Gasteiger partial charge in [-0.2, -0.15) is 5.26 Å². The summed E-state index contributed by atoms with van der Waals surface area (Å²) in [4.78, 5) is 30.2. The topological polar surface area (TPSA) is 152 Å². The molecule has 0 amide bonds. The molecule has 0 bridgehead atoms. The van der Waals surface area contributed by atoms with Crippen molar-refractivity contribution in [3.63, 3.8) is 0 Å². The number of aromatic nitrogens is 3. The standard InChI is InChI=1S/C41H39N7O4/c1-24-32(5-3-7-34(24)40-46-36-16-26(15-29(18-42)38(36)52-40)20-47-12-10-28(21-47)41(50)51)33-6-4-8-35(25(33)2)45-39-37-27(9-11-43-39)17-30(19-44-37)31-22-48(23-31)13-14-49/h3-9,11,15-17,19,28,31,49H,10,12-14,20-23H2,1-2H3,(H,43,45)(H,50,51). The highest BCUT2D eigenvalue weighted by atomic mass is 16.4. The maximum Gasteiger partial charge on any atom is 0.307 e. The summed E-state index contributed by atoms with van der Waals surface area (Å²) in [5.74, 6) is 0.419. The highest BCUT2D eigenvalue weighted by Gasteiger charge is 2.29. The number of β-amino-alcohol motifs (C(OH)–C–C–N with tert-alkyl or cyclic N) is 1. The first-order chi connectivity index (χ1) is 25.3. The molecule has 262 valence electrons. The Kier molecular flexibility index (Phi) is 8.89. The van der Waals surface area contributed by atoms with E-state index in [0.717, 1.165) is 63.1 Å². The van der Waals surface area contributed by atoms with Crippen LogP contribution in [0.4, 0.5) is 11.5 Å². The lowest BCUT2D eigenvalue weighted by Crippen LogP contribution is -2.46. The van der Waals surface area contributed by atoms with Gasteiger partial charge < -0.3 is 19.9 Å². The van der Waals surface area contributed by atoms with Crippen LogP contribution in [0.25, 0.3) is 44.6 Å². The summed E-state index contributed by atoms with van der Waals surface area (Å²) < 4.78 is 6.28. The maximum atomic E-state index is 11.5. The summed E-state index contributed by atoms with van der Waals surface area (Å²) in [5, 5.41) is 33.2. The quantitative estimate of drug-likeness (QED) is 0.142. The molecule has 3 aromatic heterocycles. The normalized spacial score (nSPS) is 16.7. The van der Waals surface area contributed by atoms with E-state index in [4.69, 9.17) is 14.4 Å². The number of pyridine rings is 2. The van der Waals surface area contributed by atoms with Crippen LogP contribution in [0.15, 0.2) is 77.5 Å². The van der Waals surface area contributed by atoms with Gasteiger partial charge >= 0.3 is 5.97 Å². The summed E-state index contributed by atoms with van der Waals surface area (Å²) in [7, 11) is 0. The summed E-state index contributed by atoms with van der Waals surface area (Å²) >= 11 is 0. The lowest BCUT2D eigenvalue weighted by molar-refractivity contribution is -0.141. The maximum absolute atomic E-state index is 11.5. The average molecular weight is 694 g/mol. The number of anilines is 2. The van der Waals surface area contributed by atoms with Crippen molar-refractivity contribution < 1.29 is 19.4 Å². The summed E-state index contributed by atoms with van der Waals surface area (Å²) in [6.07, 6.45) is 4.38. The van der Waals surface area contributed by atoms with Crippen LogP contribution in [0.1, 0.15) is 40.2 Å². The Morgan fingerprint density at radius 1 is 1.00 bits per heavy atom. The third kappa shape index (κ3) is 6.26. The Labute approximate surface area is 301 Å². The average Bonchev–Trinajstić information content (AvgIpc) is 3.78. The van der Waals surface area contributed by atoms with E-state index < -0.39 is 5.97 Å². The number of oxazole rings is 1. The zero-order valence-electron chi connectivity index (χ0n) is 29.1. The second-order valence-corrected chi connectivity index (χ2v) is 13.9. The van der Waals surface area contributed by atoms with Gasteiger partial charge in [0.25, 0.3) is 0 Å². The van der Waals surface area contributed by atoms with E-state index in [1.807, 2.05) is 54.9 Å². The fourth-order valence-electron chi connectivity index (χ4n) is 7.66. The number of nitrogens with zero attached hydrogens (tertiary/aromatic N) is 6. The Morgan fingerprint density at radius 3 is 2.56 bits per heavy atom. The number of aliphatic hydroxyl groups excluding tert-OH is 1. The number of hydrogen-bond acceptors (Lipinski definition) is 10. The Balaban J connectivity index is 1.06. The van der Waals surface area contributed by atoms with Gasteiger partial charge in [-0.1, -0.05) is 24.3 Å². The van der Waals surface area contributed by atoms with E-state index >= 15 is 0 Å². The molecule has 2 aliphatic rings. The number of aliphatic carboxylic acids is 1. The van der Waals surface area contributed by atoms with Crippen molar-refractivity contribution in [2.75, 3.05) is 44.6 Å². The summed E-state index contributed by atoms with van der Waals surface area (Å²) in [6.45, 7) is 8.64. The van der Waals surface area contributed by atoms with Gasteiger partial charge in [0.1, 0.15) is 17.1 Å². The van der Waals surface area contributed by atoms with Crippen LogP contribution in [0.3, 0.4) is 0 Å². The number of nitrogens with one attached hydrogen (secondary N) is 1. The molecule has 1 atom stereocenters. The Morgan fingerprint density at radius 2 is 1.79 bits per heavy atom. The zero-order chi connectivity index (χ0) is 35.9. The van der Waals surface area contributed by atoms with Crippen LogP contribution in [0.2, 0.25) is 0 Å². The molecule has 0 saturated carbocycles. The molecule has 2 aliphatic heterocycles. The fourth-order valence-corrected chi connectivity index (χ4v) is 7.66. The van der Waals surface area contributed by atoms with Crippen molar-refractivity contribution in [1.29, 1.82) is 5.26 Å². The van der Waals surface area contributed by atoms with Crippen LogP contribution >= 0.6 is 0 Å². The molecule has 8 rings (SSSR count). The van der Waals surface area contributed by atoms with Crippen molar-refractivity contribution in [3.05, 3.63) is 101 Å². The minimum Gasteiger partial charge on any atom is -0.481 e. The first-order valence-corrected chi connectivity index (χ1v) is 17.6. The Bertz CT molecular complexity index is 2380. The lowest BCUT2D eigenvalue weighted by atomic mass is 9.92. The smallest absolute Gasteiger partial charge is 0.307 e. The summed E-state index contributed by atoms with van der Waals surface area (Å²) in [6, 6.07) is 22.5. The third-order valence-electron chi connectivity index (χ3n) is 10.6. The molecule has 11 heteroatoms. The number of benzene rings is 3. The number of carboxylic acid groups (broad SMARTS) is 1. The first kappa shape index (κ1) is 33.5. The minimum atomic E-state index is -0.766. The number of fused-ring (bicyclic) bond motifs is 2. The highest BCUT2D eigenvalue weighted by Crippen LogP contribution is 2.38. The van der Waals surface area contributed by atoms with Gasteiger partial charge in [-0.15, -0.1) is 0 Å². The van der Waals surface area contributed by atoms with Crippen molar-refractivity contribution in [1.82, 2.24) is 24.8 Å². The van der Waals surface area contributed by atoms with E-state index in [9.17, 15) is 20.3 Å². The van der Waals surface area contributed by atoms with Crippen LogP contribution < -0.4 is 5.32 Å². The molecule has 0 aliphatic carbocycles. The second-order valence-electron chi connectivity index (χ2n) is 13.9. The minimum absolute atomic E-state index is 0.179. The van der Waals surface area contributed by atoms with E-state index in [0.29, 0.717) is 66.9 Å². The monoisotopic (exact) mass is 693 g/mol. The van der Waals surface area contributed by atoms with Gasteiger partial charge in [-0.05, 0) is 96.6 Å². The first-order valence-electron chi connectivity index (χ1n) is 17.6. The number of aliphatic hydroxyl groups is 1. The molecule has 2 fully saturated rings. The molecule has 3 N–H and O–H groups in total. The molecule has 6 aromatic rings. The molecule has 3 aromatic carbocycles. The van der Waals surface area contributed by atoms with Gasteiger partial charge in [0.2, 0.25) is 5.89 Å². The molecule has 1 unspecified atom stereocenters. The van der Waals surface area contributed by atoms with Crippen LogP contribution in [0.5, 0.6) is 0 Å². The molecule has 0 radical (unpaired) electrons. The number of likely N-dealkylation sites (tertiary alicyclic amines) is 2. The summed E-state index contributed by atoms with van der Waals surface area (Å²) in [5.41, 5.74) is 10.3. The molecule has 5 heterocycles. The largest absolute Gasteiger partial charge is 0.481 e. The van der Waals surface area contributed by atoms with E-state index in [1.54, 1.807) is 0 Å². The van der Waals surface area contributed by atoms with Crippen molar-refractivity contribution in [3.8, 4) is 28.7 Å². The molecule has 0 spiro atoms. The molecular formula is C41H39N7O4. The van der Waals surface area contributed by atoms with Gasteiger partial charge in [-0.25, -0.2) is 9.97 Å². The predicted molar refractivity (Wildman–Crippen MR) is 199 cm³/mol. The molecule has 52 heavy (non-hydrogen) atoms. The van der Waals surface area contributed by atoms with E-state index in [-0.39, 0.29) is 12.5 Å². The second kappa shape index (κ2) is 13.8. The van der Waals surface area contributed by atoms with Gasteiger partial charge in [0.05, 0.1) is 18.1 Å². The van der Waals surface area contributed by atoms with Crippen LogP contribution in [-0.2, 0) is 11.3 Å². The fraction of sp³-hybridized carbons (Fsp3) is 0.293. The third-order valence-corrected chi connectivity index (χ3v) is 10.6. The number of carboxylic acids is 1. The van der Waals surface area contributed by atoms with Gasteiger partial charge in [0.15, 0.2) is 11.4 Å². The lowest BCUT2D eigenvalue weighted by Gasteiger charge is -2.39. The van der Waals surface area contributed by atoms with Crippen molar-refractivity contribution in [2.45, 2.75) is 32.7 Å². The Hall–Kier alpha value is -5.67. The number of rotatable bonds is 10. The van der Waals surface area contributed by atoms with Crippen LogP contribution in [-0.4, -0.2) is 80.3 Å². The molecule has 11 nitrogen and oxygen atoms in total. The van der Waals surface area contributed by atoms with Gasteiger partial charge in [0, 0.05) is 67.7 Å². The van der Waals surface area contributed by atoms with Gasteiger partial charge in [-0.3, -0.25) is 19.6 Å². The molecular weight excluding hydrogens is 654 g/mol. The predicted octanol–water partition coefficient (Wildman–Crippen LogP) is 6.64. The SMILES string of the molecule is Cc1c(Nc2nccc3cc(C4CN(CCO)C4)cnc23)cccc1-c1cccc(-c2nc3cc(CN4CCC(C(=O)O)C4)cc(C#N)c3o2)c1C. The van der Waals surface area contributed by atoms with E-state index in [2.05, 4.69) is 58.2 Å². The number of nitriles is 1. The number of hydrogen-bond donors (Lipinski definition) is 3. The highest BCUT2D eigenvalue weighted by molar-refractivity contribution is 5.91. The number of carbonyl (C=O) groups is 1. The zero-order valence-corrected chi connectivity index (χ0v) is 29.1. The van der Waals surface area contributed by atoms with E-state index in [1.165, 1.54) is 5.56 Å². The van der Waals surface area contributed by atoms with Crippen molar-refractivity contribution in [2.24, 2.45) is 5.92 Å².